The average molecular weight is 541 g/mol. The van der Waals surface area contributed by atoms with Crippen LogP contribution in [-0.2, 0) is 4.57 Å². The van der Waals surface area contributed by atoms with E-state index in [1.165, 1.54) is 0 Å². The molecule has 0 spiro atoms. The van der Waals surface area contributed by atoms with Gasteiger partial charge in [0, 0.05) is 27.4 Å². The highest BCUT2D eigenvalue weighted by atomic mass is 35.5. The molecular formula is C29H22ClN4O3P. The molecule has 0 amide bonds. The van der Waals surface area contributed by atoms with E-state index in [1.807, 2.05) is 79.0 Å². The lowest BCUT2D eigenvalue weighted by atomic mass is 9.93. The quantitative estimate of drug-likeness (QED) is 0.0891. The summed E-state index contributed by atoms with van der Waals surface area (Å²) >= 11 is 6.45. The van der Waals surface area contributed by atoms with Crippen LogP contribution in [0.5, 0.6) is 11.5 Å². The number of para-hydroxylation sites is 2. The van der Waals surface area contributed by atoms with E-state index in [0.717, 1.165) is 22.1 Å². The molecule has 0 aliphatic heterocycles. The summed E-state index contributed by atoms with van der Waals surface area (Å²) in [4.78, 5) is 3.07. The van der Waals surface area contributed by atoms with Crippen molar-refractivity contribution < 1.29 is 13.6 Å². The van der Waals surface area contributed by atoms with Crippen LogP contribution in [-0.4, -0.2) is 4.34 Å². The fourth-order valence-electron chi connectivity index (χ4n) is 5.10. The summed E-state index contributed by atoms with van der Waals surface area (Å²) in [6.45, 7) is 0. The van der Waals surface area contributed by atoms with E-state index >= 15 is 0 Å². The maximum atomic E-state index is 14.7. The lowest BCUT2D eigenvalue weighted by molar-refractivity contribution is 0.376. The van der Waals surface area contributed by atoms with Crippen molar-refractivity contribution in [3.8, 4) is 11.5 Å². The number of fused-ring (bicyclic) bond motifs is 2. The molecule has 7 nitrogen and oxygen atoms in total. The molecule has 1 aliphatic rings. The Bertz CT molecular complexity index is 1670. The largest absolute Gasteiger partial charge is 0.548 e. The van der Waals surface area contributed by atoms with Gasteiger partial charge in [-0.1, -0.05) is 77.4 Å². The van der Waals surface area contributed by atoms with Gasteiger partial charge in [-0.15, -0.1) is 0 Å². The second-order valence-corrected chi connectivity index (χ2v) is 11.2. The summed E-state index contributed by atoms with van der Waals surface area (Å²) in [7, 11) is -4.02. The van der Waals surface area contributed by atoms with Gasteiger partial charge in [0.15, 0.2) is 0 Å². The monoisotopic (exact) mass is 540 g/mol. The number of halogens is 1. The van der Waals surface area contributed by atoms with E-state index in [1.54, 1.807) is 34.7 Å². The maximum absolute atomic E-state index is 14.7. The van der Waals surface area contributed by atoms with Crippen LogP contribution in [0.2, 0.25) is 5.02 Å². The molecule has 1 heterocycles. The molecule has 0 radical (unpaired) electrons. The molecule has 4 aromatic carbocycles. The molecule has 0 bridgehead atoms. The van der Waals surface area contributed by atoms with Crippen molar-refractivity contribution in [3.05, 3.63) is 141 Å². The fourth-order valence-corrected chi connectivity index (χ4v) is 6.97. The predicted molar refractivity (Wildman–Crippen MR) is 149 cm³/mol. The van der Waals surface area contributed by atoms with Gasteiger partial charge in [-0.05, 0) is 71.1 Å². The first-order valence-corrected chi connectivity index (χ1v) is 14.0. The summed E-state index contributed by atoms with van der Waals surface area (Å²) in [5, 5.41) is 5.43. The van der Waals surface area contributed by atoms with Crippen LogP contribution in [0.15, 0.2) is 114 Å². The van der Waals surface area contributed by atoms with Crippen molar-refractivity contribution in [2.45, 2.75) is 18.4 Å². The van der Waals surface area contributed by atoms with Gasteiger partial charge in [-0.2, -0.15) is 0 Å². The van der Waals surface area contributed by atoms with Crippen LogP contribution in [0.1, 0.15) is 35.1 Å². The molecule has 0 saturated heterocycles. The molecule has 9 heteroatoms. The second-order valence-electron chi connectivity index (χ2n) is 9.01. The predicted octanol–water partition coefficient (Wildman–Crippen LogP) is 9.30. The van der Waals surface area contributed by atoms with Crippen LogP contribution in [0.3, 0.4) is 0 Å². The third-order valence-corrected chi connectivity index (χ3v) is 8.70. The average Bonchev–Trinajstić information content (AvgIpc) is 3.49. The molecule has 0 N–H and O–H groups in total. The zero-order valence-electron chi connectivity index (χ0n) is 20.1. The molecule has 6 rings (SSSR count). The standard InChI is InChI=1S/C29H22ClN4O3P/c30-20-15-16-29-26(17-20)27(25-18-28(32-33-31)24-14-8-7-13-23(24)25)19-34(29)38(35,36-21-9-3-1-4-10-21)37-22-11-5-2-6-12-22/h1-17,19,25,28H,18H2. The third kappa shape index (κ3) is 4.42. The molecule has 38 heavy (non-hydrogen) atoms. The molecule has 188 valence electrons. The number of benzene rings is 4. The van der Waals surface area contributed by atoms with E-state index in [2.05, 4.69) is 10.0 Å². The Morgan fingerprint density at radius 3 is 2.08 bits per heavy atom. The van der Waals surface area contributed by atoms with Crippen LogP contribution >= 0.6 is 19.3 Å². The van der Waals surface area contributed by atoms with E-state index in [-0.39, 0.29) is 12.0 Å². The number of hydrogen-bond donors (Lipinski definition) is 0. The first kappa shape index (κ1) is 24.2. The Hall–Kier alpha value is -4.15. The van der Waals surface area contributed by atoms with Crippen molar-refractivity contribution in [1.82, 2.24) is 4.34 Å². The van der Waals surface area contributed by atoms with E-state index in [9.17, 15) is 10.1 Å². The van der Waals surface area contributed by atoms with E-state index < -0.39 is 7.75 Å². The highest BCUT2D eigenvalue weighted by Gasteiger charge is 2.38. The zero-order valence-corrected chi connectivity index (χ0v) is 21.7. The van der Waals surface area contributed by atoms with Gasteiger partial charge in [-0.25, -0.2) is 8.90 Å². The molecule has 0 saturated carbocycles. The number of azide groups is 1. The molecule has 2 unspecified atom stereocenters. The third-order valence-electron chi connectivity index (χ3n) is 6.73. The molecule has 2 atom stereocenters. The second kappa shape index (κ2) is 9.96. The first-order valence-electron chi connectivity index (χ1n) is 12.1. The summed E-state index contributed by atoms with van der Waals surface area (Å²) in [5.41, 5.74) is 12.8. The Morgan fingerprint density at radius 2 is 1.45 bits per heavy atom. The van der Waals surface area contributed by atoms with Gasteiger partial charge in [0.2, 0.25) is 0 Å². The van der Waals surface area contributed by atoms with Gasteiger partial charge in [0.1, 0.15) is 11.5 Å². The normalized spacial score (nSPS) is 16.6. The van der Waals surface area contributed by atoms with Crippen LogP contribution in [0, 0.1) is 0 Å². The van der Waals surface area contributed by atoms with Gasteiger partial charge < -0.3 is 9.05 Å². The van der Waals surface area contributed by atoms with Crippen LogP contribution in [0.25, 0.3) is 21.3 Å². The summed E-state index contributed by atoms with van der Waals surface area (Å²) in [5.74, 6) is 0.725. The maximum Gasteiger partial charge on any atom is 0.548 e. The van der Waals surface area contributed by atoms with Gasteiger partial charge in [0.05, 0.1) is 11.6 Å². The summed E-state index contributed by atoms with van der Waals surface area (Å²) < 4.78 is 28.6. The zero-order chi connectivity index (χ0) is 26.1. The number of nitrogens with zero attached hydrogens (tertiary/aromatic N) is 4. The van der Waals surface area contributed by atoms with Crippen molar-refractivity contribution in [1.29, 1.82) is 0 Å². The molecule has 5 aromatic rings. The van der Waals surface area contributed by atoms with Gasteiger partial charge in [-0.3, -0.25) is 0 Å². The van der Waals surface area contributed by atoms with Gasteiger partial charge >= 0.3 is 7.75 Å². The van der Waals surface area contributed by atoms with Crippen LogP contribution < -0.4 is 9.05 Å². The fraction of sp³-hybridized carbons (Fsp3) is 0.103. The highest BCUT2D eigenvalue weighted by molar-refractivity contribution is 7.53. The van der Waals surface area contributed by atoms with Crippen molar-refractivity contribution in [2.24, 2.45) is 5.11 Å². The lowest BCUT2D eigenvalue weighted by Crippen LogP contribution is -2.09. The Labute approximate surface area is 224 Å². The summed E-state index contributed by atoms with van der Waals surface area (Å²) in [6, 6.07) is 31.0. The minimum Gasteiger partial charge on any atom is -0.400 e. The van der Waals surface area contributed by atoms with Crippen LogP contribution in [0.4, 0.5) is 0 Å². The van der Waals surface area contributed by atoms with Crippen molar-refractivity contribution in [2.75, 3.05) is 0 Å². The Morgan fingerprint density at radius 1 is 0.842 bits per heavy atom. The minimum atomic E-state index is -4.02. The number of hydrogen-bond acceptors (Lipinski definition) is 4. The lowest BCUT2D eigenvalue weighted by Gasteiger charge is -2.21. The SMILES string of the molecule is [N-]=[N+]=NC1CC(c2cn(P(=O)(Oc3ccccc3)Oc3ccccc3)c3ccc(Cl)cc23)c2ccccc21. The van der Waals surface area contributed by atoms with Gasteiger partial charge in [0.25, 0.3) is 0 Å². The number of aromatic nitrogens is 1. The molecular weight excluding hydrogens is 519 g/mol. The Balaban J connectivity index is 1.54. The summed E-state index contributed by atoms with van der Waals surface area (Å²) in [6.07, 6.45) is 2.41. The molecule has 1 aromatic heterocycles. The van der Waals surface area contributed by atoms with E-state index in [0.29, 0.717) is 28.5 Å². The topological polar surface area (TPSA) is 89.2 Å². The molecule has 1 aliphatic carbocycles. The first-order chi connectivity index (χ1) is 18.6. The number of rotatable bonds is 7. The smallest absolute Gasteiger partial charge is 0.400 e. The highest BCUT2D eigenvalue weighted by Crippen LogP contribution is 2.55. The van der Waals surface area contributed by atoms with E-state index in [4.69, 9.17) is 20.6 Å². The Kier molecular flexibility index (Phi) is 6.34. The van der Waals surface area contributed by atoms with Crippen molar-refractivity contribution in [3.63, 3.8) is 0 Å². The minimum absolute atomic E-state index is 0.106. The molecule has 0 fully saturated rings. The van der Waals surface area contributed by atoms with Crippen molar-refractivity contribution >= 4 is 30.3 Å².